The highest BCUT2D eigenvalue weighted by atomic mass is 16.2. The van der Waals surface area contributed by atoms with E-state index < -0.39 is 0 Å². The normalized spacial score (nSPS) is 21.8. The molecule has 2 saturated heterocycles. The molecule has 2 atom stereocenters. The highest BCUT2D eigenvalue weighted by molar-refractivity contribution is 5.98. The topological polar surface area (TPSA) is 105 Å². The van der Waals surface area contributed by atoms with Crippen LogP contribution in [-0.4, -0.2) is 51.9 Å². The number of fused-ring (bicyclic) bond motifs is 3. The lowest BCUT2D eigenvalue weighted by molar-refractivity contribution is -0.117. The molecule has 2 N–H and O–H groups in total. The Balaban J connectivity index is 1.27. The summed E-state index contributed by atoms with van der Waals surface area (Å²) < 4.78 is 0. The van der Waals surface area contributed by atoms with E-state index in [0.717, 1.165) is 55.5 Å². The molecule has 0 radical (unpaired) electrons. The molecule has 8 nitrogen and oxygen atoms in total. The first-order valence-electron chi connectivity index (χ1n) is 11.5. The summed E-state index contributed by atoms with van der Waals surface area (Å²) in [6.07, 6.45) is 5.67. The number of hydrogen-bond donors (Lipinski definition) is 2. The number of anilines is 2. The van der Waals surface area contributed by atoms with Gasteiger partial charge in [0.1, 0.15) is 11.5 Å². The van der Waals surface area contributed by atoms with Gasteiger partial charge in [0.15, 0.2) is 0 Å². The van der Waals surface area contributed by atoms with Gasteiger partial charge < -0.3 is 20.1 Å². The fourth-order valence-electron chi connectivity index (χ4n) is 5.22. The summed E-state index contributed by atoms with van der Waals surface area (Å²) in [5, 5.41) is 13.2. The van der Waals surface area contributed by atoms with E-state index >= 15 is 0 Å². The zero-order valence-electron chi connectivity index (χ0n) is 18.1. The minimum atomic E-state index is -0.00171. The number of piperazine rings is 1. The molecule has 0 spiro atoms. The molecule has 1 aliphatic carbocycles. The highest BCUT2D eigenvalue weighted by Crippen LogP contribution is 2.37. The standard InChI is InChI=1S/C25H24N6O2/c26-12-15-2-1-3-17(10-15)25(33)31-18-6-7-19(31)14-30(13-18)21-11-22(29-24(32)16-4-5-16)28-23-20(21)8-9-27-23/h1-3,8-11,16,18-19H,4-7,13-14H2,(H2,27,28,29,32). The molecule has 166 valence electrons. The summed E-state index contributed by atoms with van der Waals surface area (Å²) >= 11 is 0. The van der Waals surface area contributed by atoms with Crippen LogP contribution >= 0.6 is 0 Å². The molecule has 2 amide bonds. The quantitative estimate of drug-likeness (QED) is 0.648. The number of nitriles is 1. The number of carbonyl (C=O) groups is 2. The van der Waals surface area contributed by atoms with Gasteiger partial charge in [-0.1, -0.05) is 6.07 Å². The van der Waals surface area contributed by atoms with Crippen LogP contribution in [0.3, 0.4) is 0 Å². The Kier molecular flexibility index (Phi) is 4.57. The molecule has 3 fully saturated rings. The van der Waals surface area contributed by atoms with Gasteiger partial charge in [0.2, 0.25) is 5.91 Å². The summed E-state index contributed by atoms with van der Waals surface area (Å²) in [6, 6.07) is 13.2. The van der Waals surface area contributed by atoms with Crippen molar-refractivity contribution in [3.63, 3.8) is 0 Å². The summed E-state index contributed by atoms with van der Waals surface area (Å²) in [4.78, 5) is 37.7. The minimum absolute atomic E-state index is 0.00171. The van der Waals surface area contributed by atoms with Crippen LogP contribution in [0.4, 0.5) is 11.5 Å². The molecule has 8 heteroatoms. The van der Waals surface area contributed by atoms with Crippen molar-refractivity contribution < 1.29 is 9.59 Å². The molecule has 4 heterocycles. The Morgan fingerprint density at radius 3 is 2.61 bits per heavy atom. The summed E-state index contributed by atoms with van der Waals surface area (Å²) in [7, 11) is 0. The minimum Gasteiger partial charge on any atom is -0.367 e. The molecule has 2 unspecified atom stereocenters. The van der Waals surface area contributed by atoms with Crippen LogP contribution in [0.2, 0.25) is 0 Å². The predicted octanol–water partition coefficient (Wildman–Crippen LogP) is 3.28. The lowest BCUT2D eigenvalue weighted by Gasteiger charge is -2.42. The number of nitrogens with one attached hydrogen (secondary N) is 2. The fraction of sp³-hybridized carbons (Fsp3) is 0.360. The Morgan fingerprint density at radius 2 is 1.88 bits per heavy atom. The lowest BCUT2D eigenvalue weighted by atomic mass is 10.1. The highest BCUT2D eigenvalue weighted by Gasteiger charge is 2.43. The molecular weight excluding hydrogens is 416 g/mol. The third-order valence-electron chi connectivity index (χ3n) is 7.00. The van der Waals surface area contributed by atoms with Crippen LogP contribution in [0, 0.1) is 17.2 Å². The van der Waals surface area contributed by atoms with Gasteiger partial charge in [0, 0.05) is 54.3 Å². The maximum Gasteiger partial charge on any atom is 0.254 e. The van der Waals surface area contributed by atoms with Crippen molar-refractivity contribution in [1.29, 1.82) is 5.26 Å². The summed E-state index contributed by atoms with van der Waals surface area (Å²) in [5.74, 6) is 0.711. The van der Waals surface area contributed by atoms with E-state index in [1.165, 1.54) is 0 Å². The van der Waals surface area contributed by atoms with Gasteiger partial charge in [-0.25, -0.2) is 4.98 Å². The van der Waals surface area contributed by atoms with E-state index in [1.807, 2.05) is 23.2 Å². The van der Waals surface area contributed by atoms with Crippen molar-refractivity contribution in [2.45, 2.75) is 37.8 Å². The van der Waals surface area contributed by atoms with E-state index in [4.69, 9.17) is 0 Å². The van der Waals surface area contributed by atoms with Crippen LogP contribution in [0.1, 0.15) is 41.6 Å². The monoisotopic (exact) mass is 440 g/mol. The molecule has 6 rings (SSSR count). The molecule has 1 saturated carbocycles. The fourth-order valence-corrected chi connectivity index (χ4v) is 5.22. The second kappa shape index (κ2) is 7.62. The molecule has 1 aromatic carbocycles. The van der Waals surface area contributed by atoms with Crippen LogP contribution in [-0.2, 0) is 4.79 Å². The summed E-state index contributed by atoms with van der Waals surface area (Å²) in [6.45, 7) is 1.45. The number of nitrogens with zero attached hydrogens (tertiary/aromatic N) is 4. The van der Waals surface area contributed by atoms with Crippen LogP contribution in [0.5, 0.6) is 0 Å². The van der Waals surface area contributed by atoms with Gasteiger partial charge in [0.25, 0.3) is 5.91 Å². The van der Waals surface area contributed by atoms with Gasteiger partial charge in [-0.05, 0) is 49.9 Å². The zero-order valence-corrected chi connectivity index (χ0v) is 18.1. The number of aromatic amines is 1. The van der Waals surface area contributed by atoms with E-state index in [-0.39, 0.29) is 29.8 Å². The van der Waals surface area contributed by atoms with Crippen LogP contribution in [0.15, 0.2) is 42.6 Å². The number of amides is 2. The number of rotatable bonds is 4. The number of benzene rings is 1. The average Bonchev–Trinajstić information content (AvgIpc) is 3.53. The van der Waals surface area contributed by atoms with Gasteiger partial charge in [-0.2, -0.15) is 5.26 Å². The van der Waals surface area contributed by atoms with Crippen molar-refractivity contribution in [3.05, 3.63) is 53.7 Å². The number of hydrogen-bond acceptors (Lipinski definition) is 5. The van der Waals surface area contributed by atoms with Crippen molar-refractivity contribution in [1.82, 2.24) is 14.9 Å². The van der Waals surface area contributed by atoms with Gasteiger partial charge in [0.05, 0.1) is 17.3 Å². The maximum absolute atomic E-state index is 13.3. The third kappa shape index (κ3) is 3.50. The van der Waals surface area contributed by atoms with E-state index in [9.17, 15) is 14.9 Å². The van der Waals surface area contributed by atoms with E-state index in [0.29, 0.717) is 16.9 Å². The Labute approximate surface area is 191 Å². The second-order valence-electron chi connectivity index (χ2n) is 9.23. The number of pyridine rings is 1. The lowest BCUT2D eigenvalue weighted by Crippen LogP contribution is -2.56. The first-order valence-corrected chi connectivity index (χ1v) is 11.5. The van der Waals surface area contributed by atoms with Crippen molar-refractivity contribution in [3.8, 4) is 6.07 Å². The molecule has 33 heavy (non-hydrogen) atoms. The van der Waals surface area contributed by atoms with Gasteiger partial charge in [-0.3, -0.25) is 9.59 Å². The third-order valence-corrected chi connectivity index (χ3v) is 7.00. The van der Waals surface area contributed by atoms with Crippen LogP contribution < -0.4 is 10.2 Å². The number of carbonyl (C=O) groups excluding carboxylic acids is 2. The summed E-state index contributed by atoms with van der Waals surface area (Å²) in [5.41, 5.74) is 2.85. The largest absolute Gasteiger partial charge is 0.367 e. The molecule has 3 aliphatic rings. The van der Waals surface area contributed by atoms with Gasteiger partial charge >= 0.3 is 0 Å². The van der Waals surface area contributed by atoms with Crippen molar-refractivity contribution >= 4 is 34.4 Å². The van der Waals surface area contributed by atoms with Crippen molar-refractivity contribution in [2.75, 3.05) is 23.3 Å². The Bertz CT molecular complexity index is 1290. The van der Waals surface area contributed by atoms with Crippen LogP contribution in [0.25, 0.3) is 11.0 Å². The van der Waals surface area contributed by atoms with Gasteiger partial charge in [-0.15, -0.1) is 0 Å². The van der Waals surface area contributed by atoms with E-state index in [2.05, 4.69) is 26.3 Å². The second-order valence-corrected chi connectivity index (χ2v) is 9.23. The zero-order chi connectivity index (χ0) is 22.5. The predicted molar refractivity (Wildman–Crippen MR) is 124 cm³/mol. The van der Waals surface area contributed by atoms with E-state index in [1.54, 1.807) is 24.3 Å². The molecular formula is C25H24N6O2. The first kappa shape index (κ1) is 19.8. The molecule has 3 aromatic rings. The number of aromatic nitrogens is 2. The Hall–Kier alpha value is -3.86. The average molecular weight is 441 g/mol. The van der Waals surface area contributed by atoms with Crippen molar-refractivity contribution in [2.24, 2.45) is 5.92 Å². The molecule has 2 aromatic heterocycles. The number of H-pyrrole nitrogens is 1. The molecule has 2 aliphatic heterocycles. The SMILES string of the molecule is N#Cc1cccc(C(=O)N2C3CCC2CN(c2cc(NC(=O)C4CC4)nc4[nH]ccc24)C3)c1. The Morgan fingerprint density at radius 1 is 1.09 bits per heavy atom. The maximum atomic E-state index is 13.3. The first-order chi connectivity index (χ1) is 16.1. The smallest absolute Gasteiger partial charge is 0.254 e. The molecule has 2 bridgehead atoms.